The van der Waals surface area contributed by atoms with E-state index in [0.717, 1.165) is 24.8 Å². The molecule has 0 bridgehead atoms. The third kappa shape index (κ3) is 2.87. The van der Waals surface area contributed by atoms with Crippen molar-refractivity contribution in [2.75, 3.05) is 5.88 Å². The third-order valence-corrected chi connectivity index (χ3v) is 5.27. The van der Waals surface area contributed by atoms with Gasteiger partial charge in [0.15, 0.2) is 0 Å². The van der Waals surface area contributed by atoms with Gasteiger partial charge in [-0.3, -0.25) is 0 Å². The molecular weight excluding hydrogens is 270 g/mol. The normalized spacial score (nSPS) is 16.6. The van der Waals surface area contributed by atoms with Crippen molar-refractivity contribution in [2.24, 2.45) is 0 Å². The SMILES string of the molecule is CCC(CCl)NS(=O)(=O)c1ccc2c(c1)CCC2. The Bertz CT molecular complexity index is 524. The molecule has 1 atom stereocenters. The topological polar surface area (TPSA) is 46.2 Å². The predicted octanol–water partition coefficient (Wildman–Crippen LogP) is 2.47. The van der Waals surface area contributed by atoms with Crippen molar-refractivity contribution in [2.45, 2.75) is 43.5 Å². The van der Waals surface area contributed by atoms with E-state index in [4.69, 9.17) is 11.6 Å². The average molecular weight is 288 g/mol. The van der Waals surface area contributed by atoms with Crippen LogP contribution in [0.5, 0.6) is 0 Å². The first kappa shape index (κ1) is 13.8. The minimum absolute atomic E-state index is 0.204. The van der Waals surface area contributed by atoms with Gasteiger partial charge in [0.1, 0.15) is 0 Å². The first-order chi connectivity index (χ1) is 8.56. The number of aryl methyl sites for hydroxylation is 2. The maximum Gasteiger partial charge on any atom is 0.240 e. The second-order valence-corrected chi connectivity index (χ2v) is 6.69. The summed E-state index contributed by atoms with van der Waals surface area (Å²) in [5.74, 6) is 0.292. The maximum atomic E-state index is 12.2. The standard InChI is InChI=1S/C13H18ClNO2S/c1-2-12(9-14)15-18(16,17)13-7-6-10-4-3-5-11(10)8-13/h6-8,12,15H,2-5,9H2,1H3. The molecule has 0 amide bonds. The molecule has 0 heterocycles. The van der Waals surface area contributed by atoms with Gasteiger partial charge < -0.3 is 0 Å². The summed E-state index contributed by atoms with van der Waals surface area (Å²) >= 11 is 5.73. The summed E-state index contributed by atoms with van der Waals surface area (Å²) in [5, 5.41) is 0. The zero-order valence-electron chi connectivity index (χ0n) is 10.4. The second-order valence-electron chi connectivity index (χ2n) is 4.66. The zero-order valence-corrected chi connectivity index (χ0v) is 12.0. The number of alkyl halides is 1. The molecule has 1 aliphatic carbocycles. The highest BCUT2D eigenvalue weighted by atomic mass is 35.5. The lowest BCUT2D eigenvalue weighted by Gasteiger charge is -2.14. The molecule has 1 N–H and O–H groups in total. The highest BCUT2D eigenvalue weighted by Gasteiger charge is 2.20. The van der Waals surface area contributed by atoms with Crippen LogP contribution in [0, 0.1) is 0 Å². The van der Waals surface area contributed by atoms with Gasteiger partial charge >= 0.3 is 0 Å². The molecule has 0 aromatic heterocycles. The number of sulfonamides is 1. The quantitative estimate of drug-likeness (QED) is 0.846. The van der Waals surface area contributed by atoms with E-state index in [1.54, 1.807) is 12.1 Å². The van der Waals surface area contributed by atoms with Crippen molar-refractivity contribution in [1.29, 1.82) is 0 Å². The summed E-state index contributed by atoms with van der Waals surface area (Å²) in [7, 11) is -3.44. The fourth-order valence-corrected chi connectivity index (χ4v) is 3.98. The number of fused-ring (bicyclic) bond motifs is 1. The molecule has 2 rings (SSSR count). The van der Waals surface area contributed by atoms with Gasteiger partial charge in [-0.2, -0.15) is 0 Å². The number of halogens is 1. The second kappa shape index (κ2) is 5.59. The van der Waals surface area contributed by atoms with Crippen LogP contribution in [0.3, 0.4) is 0 Å². The molecular formula is C13H18ClNO2S. The molecule has 0 saturated carbocycles. The third-order valence-electron chi connectivity index (χ3n) is 3.38. The smallest absolute Gasteiger partial charge is 0.207 e. The summed E-state index contributed by atoms with van der Waals surface area (Å²) in [6, 6.07) is 5.21. The van der Waals surface area contributed by atoms with E-state index in [-0.39, 0.29) is 6.04 Å². The number of rotatable bonds is 5. The number of benzene rings is 1. The van der Waals surface area contributed by atoms with Crippen molar-refractivity contribution in [3.63, 3.8) is 0 Å². The van der Waals surface area contributed by atoms with Gasteiger partial charge in [0.2, 0.25) is 10.0 Å². The Morgan fingerprint density at radius 2 is 2.06 bits per heavy atom. The van der Waals surface area contributed by atoms with E-state index in [9.17, 15) is 8.42 Å². The highest BCUT2D eigenvalue weighted by Crippen LogP contribution is 2.24. The number of nitrogens with one attached hydrogen (secondary N) is 1. The summed E-state index contributed by atoms with van der Waals surface area (Å²) in [6.07, 6.45) is 3.84. The molecule has 100 valence electrons. The van der Waals surface area contributed by atoms with E-state index < -0.39 is 10.0 Å². The van der Waals surface area contributed by atoms with Crippen molar-refractivity contribution < 1.29 is 8.42 Å². The van der Waals surface area contributed by atoms with E-state index in [2.05, 4.69) is 4.72 Å². The number of hydrogen-bond acceptors (Lipinski definition) is 2. The summed E-state index contributed by atoms with van der Waals surface area (Å²) in [5.41, 5.74) is 2.44. The van der Waals surface area contributed by atoms with Crippen molar-refractivity contribution in [3.05, 3.63) is 29.3 Å². The van der Waals surface area contributed by atoms with Crippen LogP contribution in [-0.2, 0) is 22.9 Å². The first-order valence-corrected chi connectivity index (χ1v) is 8.28. The fourth-order valence-electron chi connectivity index (χ4n) is 2.23. The summed E-state index contributed by atoms with van der Waals surface area (Å²) < 4.78 is 27.0. The van der Waals surface area contributed by atoms with Crippen LogP contribution >= 0.6 is 11.6 Å². The van der Waals surface area contributed by atoms with Crippen molar-refractivity contribution in [1.82, 2.24) is 4.72 Å². The molecule has 1 aromatic rings. The van der Waals surface area contributed by atoms with E-state index in [0.29, 0.717) is 17.2 Å². The van der Waals surface area contributed by atoms with E-state index in [1.807, 2.05) is 13.0 Å². The lowest BCUT2D eigenvalue weighted by Crippen LogP contribution is -2.35. The minimum Gasteiger partial charge on any atom is -0.207 e. The van der Waals surface area contributed by atoms with Crippen molar-refractivity contribution >= 4 is 21.6 Å². The van der Waals surface area contributed by atoms with Crippen LogP contribution in [0.4, 0.5) is 0 Å². The Morgan fingerprint density at radius 3 is 2.72 bits per heavy atom. The molecule has 1 aromatic carbocycles. The van der Waals surface area contributed by atoms with Crippen LogP contribution in [-0.4, -0.2) is 20.3 Å². The summed E-state index contributed by atoms with van der Waals surface area (Å²) in [6.45, 7) is 1.91. The largest absolute Gasteiger partial charge is 0.240 e. The van der Waals surface area contributed by atoms with Gasteiger partial charge in [-0.25, -0.2) is 13.1 Å². The predicted molar refractivity (Wildman–Crippen MR) is 73.6 cm³/mol. The Kier molecular flexibility index (Phi) is 4.30. The van der Waals surface area contributed by atoms with Crippen LogP contribution in [0.25, 0.3) is 0 Å². The van der Waals surface area contributed by atoms with Gasteiger partial charge in [0, 0.05) is 11.9 Å². The van der Waals surface area contributed by atoms with Gasteiger partial charge in [0.25, 0.3) is 0 Å². The molecule has 0 radical (unpaired) electrons. The molecule has 0 fully saturated rings. The molecule has 3 nitrogen and oxygen atoms in total. The van der Waals surface area contributed by atoms with Crippen LogP contribution < -0.4 is 4.72 Å². The Labute approximate surface area is 114 Å². The van der Waals surface area contributed by atoms with Gasteiger partial charge in [-0.15, -0.1) is 11.6 Å². The highest BCUT2D eigenvalue weighted by molar-refractivity contribution is 7.89. The molecule has 1 unspecified atom stereocenters. The zero-order chi connectivity index (χ0) is 13.2. The fraction of sp³-hybridized carbons (Fsp3) is 0.538. The van der Waals surface area contributed by atoms with Crippen LogP contribution in [0.15, 0.2) is 23.1 Å². The van der Waals surface area contributed by atoms with Crippen molar-refractivity contribution in [3.8, 4) is 0 Å². The monoisotopic (exact) mass is 287 g/mol. The summed E-state index contributed by atoms with van der Waals surface area (Å²) in [4.78, 5) is 0.353. The van der Waals surface area contributed by atoms with Crippen LogP contribution in [0.1, 0.15) is 30.9 Å². The maximum absolute atomic E-state index is 12.2. The molecule has 1 aliphatic rings. The van der Waals surface area contributed by atoms with E-state index in [1.165, 1.54) is 5.56 Å². The molecule has 0 spiro atoms. The first-order valence-electron chi connectivity index (χ1n) is 6.27. The van der Waals surface area contributed by atoms with Gasteiger partial charge in [-0.1, -0.05) is 13.0 Å². The van der Waals surface area contributed by atoms with Crippen LogP contribution in [0.2, 0.25) is 0 Å². The van der Waals surface area contributed by atoms with Gasteiger partial charge in [-0.05, 0) is 48.9 Å². The molecule has 5 heteroatoms. The Hall–Kier alpha value is -0.580. The minimum atomic E-state index is -3.44. The average Bonchev–Trinajstić information content (AvgIpc) is 2.83. The molecule has 0 saturated heterocycles. The number of hydrogen-bond donors (Lipinski definition) is 1. The lowest BCUT2D eigenvalue weighted by atomic mass is 10.1. The lowest BCUT2D eigenvalue weighted by molar-refractivity contribution is 0.557. The molecule has 0 aliphatic heterocycles. The Balaban J connectivity index is 2.24. The Morgan fingerprint density at radius 1 is 1.33 bits per heavy atom. The molecule has 18 heavy (non-hydrogen) atoms. The van der Waals surface area contributed by atoms with Gasteiger partial charge in [0.05, 0.1) is 4.90 Å². The van der Waals surface area contributed by atoms with E-state index >= 15 is 0 Å².